The standard InChI is InChI=1S/C6H8N2.CH5N/c1-5-6(2)8-4-3-7-5;1-2/h3-4H,1-2H3;2H2,1H3. The van der Waals surface area contributed by atoms with Gasteiger partial charge in [0.1, 0.15) is 0 Å². The first-order valence-corrected chi connectivity index (χ1v) is 3.12. The highest BCUT2D eigenvalue weighted by Gasteiger charge is 1.87. The minimum absolute atomic E-state index is 1.01. The van der Waals surface area contributed by atoms with E-state index in [1.54, 1.807) is 12.4 Å². The molecule has 0 unspecified atom stereocenters. The quantitative estimate of drug-likeness (QED) is 0.574. The van der Waals surface area contributed by atoms with Crippen LogP contribution in [0.4, 0.5) is 0 Å². The van der Waals surface area contributed by atoms with Gasteiger partial charge < -0.3 is 5.73 Å². The van der Waals surface area contributed by atoms with E-state index in [0.29, 0.717) is 0 Å². The summed E-state index contributed by atoms with van der Waals surface area (Å²) in [6.07, 6.45) is 3.39. The molecule has 2 N–H and O–H groups in total. The van der Waals surface area contributed by atoms with E-state index in [4.69, 9.17) is 0 Å². The maximum Gasteiger partial charge on any atom is 0.0584 e. The van der Waals surface area contributed by atoms with Crippen molar-refractivity contribution in [3.63, 3.8) is 0 Å². The monoisotopic (exact) mass is 139 g/mol. The summed E-state index contributed by atoms with van der Waals surface area (Å²) in [7, 11) is 1.50. The van der Waals surface area contributed by atoms with Crippen molar-refractivity contribution < 1.29 is 0 Å². The molecule has 0 saturated heterocycles. The average molecular weight is 139 g/mol. The van der Waals surface area contributed by atoms with E-state index in [1.165, 1.54) is 7.05 Å². The van der Waals surface area contributed by atoms with Gasteiger partial charge in [0.2, 0.25) is 0 Å². The molecule has 0 saturated carbocycles. The Balaban J connectivity index is 0.000000371. The van der Waals surface area contributed by atoms with E-state index in [0.717, 1.165) is 11.4 Å². The van der Waals surface area contributed by atoms with Crippen LogP contribution in [0.2, 0.25) is 0 Å². The first-order chi connectivity index (χ1) is 4.80. The molecule has 1 rings (SSSR count). The Morgan fingerprint density at radius 2 is 1.30 bits per heavy atom. The van der Waals surface area contributed by atoms with Crippen molar-refractivity contribution in [3.05, 3.63) is 23.8 Å². The molecule has 0 aliphatic carbocycles. The molecule has 0 amide bonds. The molecule has 1 aromatic heterocycles. The molecule has 1 heterocycles. The molecule has 0 aliphatic rings. The Morgan fingerprint density at radius 3 is 1.50 bits per heavy atom. The van der Waals surface area contributed by atoms with Gasteiger partial charge in [0.05, 0.1) is 11.4 Å². The fourth-order valence-electron chi connectivity index (χ4n) is 0.477. The fourth-order valence-corrected chi connectivity index (χ4v) is 0.477. The molecular formula is C7H13N3. The van der Waals surface area contributed by atoms with Crippen molar-refractivity contribution in [2.24, 2.45) is 5.73 Å². The zero-order valence-electron chi connectivity index (χ0n) is 6.63. The minimum atomic E-state index is 1.01. The van der Waals surface area contributed by atoms with Crippen LogP contribution >= 0.6 is 0 Å². The van der Waals surface area contributed by atoms with Crippen LogP contribution < -0.4 is 5.73 Å². The molecule has 3 nitrogen and oxygen atoms in total. The Labute approximate surface area is 61.3 Å². The van der Waals surface area contributed by atoms with Crippen molar-refractivity contribution >= 4 is 0 Å². The van der Waals surface area contributed by atoms with Gasteiger partial charge >= 0.3 is 0 Å². The topological polar surface area (TPSA) is 51.8 Å². The molecule has 56 valence electrons. The molecule has 10 heavy (non-hydrogen) atoms. The van der Waals surface area contributed by atoms with Crippen LogP contribution in [0.15, 0.2) is 12.4 Å². The average Bonchev–Trinajstić information content (AvgIpc) is 2.00. The van der Waals surface area contributed by atoms with Crippen LogP contribution in [0.25, 0.3) is 0 Å². The second-order valence-corrected chi connectivity index (χ2v) is 1.73. The van der Waals surface area contributed by atoms with Gasteiger partial charge in [0, 0.05) is 12.4 Å². The van der Waals surface area contributed by atoms with Gasteiger partial charge in [-0.1, -0.05) is 0 Å². The van der Waals surface area contributed by atoms with E-state index < -0.39 is 0 Å². The van der Waals surface area contributed by atoms with E-state index in [2.05, 4.69) is 15.7 Å². The van der Waals surface area contributed by atoms with E-state index in [9.17, 15) is 0 Å². The summed E-state index contributed by atoms with van der Waals surface area (Å²) >= 11 is 0. The second kappa shape index (κ2) is 4.88. The van der Waals surface area contributed by atoms with Crippen molar-refractivity contribution in [1.29, 1.82) is 0 Å². The van der Waals surface area contributed by atoms with Crippen LogP contribution in [0, 0.1) is 13.8 Å². The molecule has 0 aliphatic heterocycles. The zero-order chi connectivity index (χ0) is 7.98. The van der Waals surface area contributed by atoms with Crippen molar-refractivity contribution in [1.82, 2.24) is 9.97 Å². The van der Waals surface area contributed by atoms with E-state index in [1.807, 2.05) is 13.8 Å². The maximum absolute atomic E-state index is 4.50. The SMILES string of the molecule is CN.Cc1nccnc1C. The van der Waals surface area contributed by atoms with E-state index >= 15 is 0 Å². The molecule has 0 bridgehead atoms. The number of nitrogens with zero attached hydrogens (tertiary/aromatic N) is 2. The van der Waals surface area contributed by atoms with Gasteiger partial charge in [0.25, 0.3) is 0 Å². The number of hydrogen-bond acceptors (Lipinski definition) is 3. The maximum atomic E-state index is 4.50. The van der Waals surface area contributed by atoms with E-state index in [-0.39, 0.29) is 0 Å². The Morgan fingerprint density at radius 1 is 1.00 bits per heavy atom. The Bertz CT molecular complexity index is 165. The second-order valence-electron chi connectivity index (χ2n) is 1.73. The molecule has 0 fully saturated rings. The summed E-state index contributed by atoms with van der Waals surface area (Å²) in [5, 5.41) is 0. The number of hydrogen-bond donors (Lipinski definition) is 1. The van der Waals surface area contributed by atoms with Gasteiger partial charge in [-0.05, 0) is 20.9 Å². The van der Waals surface area contributed by atoms with Gasteiger partial charge in [0.15, 0.2) is 0 Å². The number of rotatable bonds is 0. The lowest BCUT2D eigenvalue weighted by atomic mass is 10.4. The molecule has 0 atom stereocenters. The van der Waals surface area contributed by atoms with Gasteiger partial charge in [-0.2, -0.15) is 0 Å². The van der Waals surface area contributed by atoms with Gasteiger partial charge in [-0.3, -0.25) is 9.97 Å². The highest BCUT2D eigenvalue weighted by Crippen LogP contribution is 1.93. The summed E-state index contributed by atoms with van der Waals surface area (Å²) < 4.78 is 0. The molecule has 0 spiro atoms. The summed E-state index contributed by atoms with van der Waals surface area (Å²) in [6.45, 7) is 3.89. The summed E-state index contributed by atoms with van der Waals surface area (Å²) in [5.41, 5.74) is 6.51. The van der Waals surface area contributed by atoms with Gasteiger partial charge in [-0.25, -0.2) is 0 Å². The smallest absolute Gasteiger partial charge is 0.0584 e. The largest absolute Gasteiger partial charge is 0.333 e. The lowest BCUT2D eigenvalue weighted by molar-refractivity contribution is 1.05. The first-order valence-electron chi connectivity index (χ1n) is 3.12. The summed E-state index contributed by atoms with van der Waals surface area (Å²) in [5.74, 6) is 0. The van der Waals surface area contributed by atoms with Crippen LogP contribution in [-0.4, -0.2) is 17.0 Å². The highest BCUT2D eigenvalue weighted by molar-refractivity contribution is 5.04. The third-order valence-corrected chi connectivity index (χ3v) is 1.13. The predicted octanol–water partition coefficient (Wildman–Crippen LogP) is 0.668. The zero-order valence-corrected chi connectivity index (χ0v) is 6.63. The highest BCUT2D eigenvalue weighted by atomic mass is 14.8. The van der Waals surface area contributed by atoms with Crippen LogP contribution in [0.5, 0.6) is 0 Å². The number of aryl methyl sites for hydroxylation is 2. The molecule has 0 radical (unpaired) electrons. The minimum Gasteiger partial charge on any atom is -0.333 e. The molecule has 0 aromatic carbocycles. The van der Waals surface area contributed by atoms with Crippen LogP contribution in [0.3, 0.4) is 0 Å². The fraction of sp³-hybridized carbons (Fsp3) is 0.429. The normalized spacial score (nSPS) is 8.00. The molecule has 3 heteroatoms. The van der Waals surface area contributed by atoms with Crippen LogP contribution in [-0.2, 0) is 0 Å². The molecule has 1 aromatic rings. The Hall–Kier alpha value is -0.960. The predicted molar refractivity (Wildman–Crippen MR) is 41.6 cm³/mol. The lowest BCUT2D eigenvalue weighted by Crippen LogP contribution is -1.87. The van der Waals surface area contributed by atoms with Crippen LogP contribution in [0.1, 0.15) is 11.4 Å². The van der Waals surface area contributed by atoms with Gasteiger partial charge in [-0.15, -0.1) is 0 Å². The van der Waals surface area contributed by atoms with Crippen molar-refractivity contribution in [3.8, 4) is 0 Å². The Kier molecular flexibility index (Phi) is 4.41. The number of nitrogens with two attached hydrogens (primary N) is 1. The molecular weight excluding hydrogens is 126 g/mol. The third kappa shape index (κ3) is 2.55. The van der Waals surface area contributed by atoms with Crippen molar-refractivity contribution in [2.45, 2.75) is 13.8 Å². The summed E-state index contributed by atoms with van der Waals surface area (Å²) in [6, 6.07) is 0. The summed E-state index contributed by atoms with van der Waals surface area (Å²) in [4.78, 5) is 8.03. The first kappa shape index (κ1) is 9.04. The van der Waals surface area contributed by atoms with Crippen molar-refractivity contribution in [2.75, 3.05) is 7.05 Å². The third-order valence-electron chi connectivity index (χ3n) is 1.13. The number of aromatic nitrogens is 2. The lowest BCUT2D eigenvalue weighted by Gasteiger charge is -1.91.